The number of ether oxygens (including phenoxy) is 4. The summed E-state index contributed by atoms with van der Waals surface area (Å²) >= 11 is 0. The minimum absolute atomic E-state index is 0.0203. The van der Waals surface area contributed by atoms with Gasteiger partial charge >= 0.3 is 5.97 Å². The smallest absolute Gasteiger partial charge is 0.339 e. The molecule has 0 bridgehead atoms. The van der Waals surface area contributed by atoms with Crippen LogP contribution in [0.4, 0.5) is 5.69 Å². The maximum Gasteiger partial charge on any atom is 0.339 e. The zero-order chi connectivity index (χ0) is 29.1. The molecule has 9 nitrogen and oxygen atoms in total. The first-order chi connectivity index (χ1) is 19.8. The minimum atomic E-state index is -0.763. The fraction of sp³-hybridized carbons (Fsp3) is 0.312. The second-order valence-corrected chi connectivity index (χ2v) is 10.3. The molecule has 1 heterocycles. The van der Waals surface area contributed by atoms with Crippen molar-refractivity contribution in [3.8, 4) is 17.2 Å². The molecule has 0 aromatic heterocycles. The predicted octanol–water partition coefficient (Wildman–Crippen LogP) is 7.15. The van der Waals surface area contributed by atoms with Gasteiger partial charge in [0, 0.05) is 23.3 Å². The molecule has 3 aromatic carbocycles. The van der Waals surface area contributed by atoms with Gasteiger partial charge in [-0.3, -0.25) is 14.9 Å². The van der Waals surface area contributed by atoms with Crippen LogP contribution in [0.15, 0.2) is 65.3 Å². The van der Waals surface area contributed by atoms with Crippen LogP contribution in [0.1, 0.15) is 56.3 Å². The molecule has 1 aliphatic heterocycles. The van der Waals surface area contributed by atoms with Crippen LogP contribution in [0.25, 0.3) is 21.5 Å². The van der Waals surface area contributed by atoms with Crippen molar-refractivity contribution < 1.29 is 33.5 Å². The molecule has 2 aliphatic rings. The monoisotopic (exact) mass is 557 g/mol. The number of fused-ring (bicyclic) bond motifs is 5. The highest BCUT2D eigenvalue weighted by Crippen LogP contribution is 2.49. The number of carbonyl (C=O) groups excluding carboxylic acids is 2. The number of carbonyl (C=O) groups is 2. The number of non-ortho nitro benzene ring substituents is 1. The molecular weight excluding hydrogens is 526 g/mol. The van der Waals surface area contributed by atoms with E-state index >= 15 is 0 Å². The summed E-state index contributed by atoms with van der Waals surface area (Å²) in [6.07, 6.45) is 9.32. The molecule has 0 unspecified atom stereocenters. The molecule has 1 atom stereocenters. The summed E-state index contributed by atoms with van der Waals surface area (Å²) in [4.78, 5) is 37.6. The van der Waals surface area contributed by atoms with Crippen molar-refractivity contribution in [2.75, 3.05) is 13.9 Å². The molecule has 0 radical (unpaired) electrons. The Labute approximate surface area is 237 Å². The Bertz CT molecular complexity index is 1650. The first-order valence-electron chi connectivity index (χ1n) is 13.5. The second-order valence-electron chi connectivity index (χ2n) is 10.3. The largest absolute Gasteiger partial charge is 0.496 e. The van der Waals surface area contributed by atoms with E-state index in [0.29, 0.717) is 52.5 Å². The quantitative estimate of drug-likeness (QED) is 0.0812. The highest BCUT2D eigenvalue weighted by molar-refractivity contribution is 6.22. The molecule has 0 amide bonds. The maximum atomic E-state index is 13.9. The lowest BCUT2D eigenvalue weighted by Gasteiger charge is -2.18. The summed E-state index contributed by atoms with van der Waals surface area (Å²) < 4.78 is 22.8. The van der Waals surface area contributed by atoms with Crippen LogP contribution in [0, 0.1) is 10.1 Å². The van der Waals surface area contributed by atoms with E-state index < -0.39 is 17.0 Å². The van der Waals surface area contributed by atoms with Crippen LogP contribution in [-0.4, -0.2) is 37.2 Å². The average molecular weight is 558 g/mol. The first kappa shape index (κ1) is 27.9. The van der Waals surface area contributed by atoms with Crippen LogP contribution >= 0.6 is 0 Å². The lowest BCUT2D eigenvalue weighted by atomic mass is 9.94. The predicted molar refractivity (Wildman–Crippen MR) is 155 cm³/mol. The van der Waals surface area contributed by atoms with Crippen molar-refractivity contribution in [1.82, 2.24) is 0 Å². The van der Waals surface area contributed by atoms with Gasteiger partial charge < -0.3 is 18.9 Å². The third-order valence-electron chi connectivity index (χ3n) is 7.46. The summed E-state index contributed by atoms with van der Waals surface area (Å²) in [5, 5.41) is 13.9. The highest BCUT2D eigenvalue weighted by Gasteiger charge is 2.31. The number of rotatable bonds is 5. The van der Waals surface area contributed by atoms with Gasteiger partial charge in [0.25, 0.3) is 5.69 Å². The maximum absolute atomic E-state index is 13.9. The number of aldehydes is 1. The van der Waals surface area contributed by atoms with Gasteiger partial charge in [0.2, 0.25) is 6.79 Å². The Morgan fingerprint density at radius 2 is 1.83 bits per heavy atom. The van der Waals surface area contributed by atoms with Gasteiger partial charge in [0.15, 0.2) is 11.5 Å². The van der Waals surface area contributed by atoms with Gasteiger partial charge in [-0.15, -0.1) is 0 Å². The van der Waals surface area contributed by atoms with E-state index in [1.165, 1.54) is 24.8 Å². The fourth-order valence-electron chi connectivity index (χ4n) is 5.46. The molecule has 0 fully saturated rings. The summed E-state index contributed by atoms with van der Waals surface area (Å²) in [5.74, 6) is 0.283. The van der Waals surface area contributed by atoms with Crippen molar-refractivity contribution >= 4 is 39.5 Å². The number of hydrogen-bond donors (Lipinski definition) is 0. The Hall–Kier alpha value is -4.66. The van der Waals surface area contributed by atoms with Crippen LogP contribution in [0.3, 0.4) is 0 Å². The van der Waals surface area contributed by atoms with Crippen LogP contribution in [0.2, 0.25) is 0 Å². The van der Waals surface area contributed by atoms with E-state index in [4.69, 9.17) is 18.9 Å². The number of nitro groups is 1. The van der Waals surface area contributed by atoms with E-state index in [0.717, 1.165) is 24.7 Å². The van der Waals surface area contributed by atoms with Gasteiger partial charge in [-0.1, -0.05) is 35.4 Å². The van der Waals surface area contributed by atoms with Crippen molar-refractivity contribution in [2.45, 2.75) is 52.1 Å². The van der Waals surface area contributed by atoms with Crippen molar-refractivity contribution in [3.63, 3.8) is 0 Å². The number of methoxy groups -OCH3 is 1. The molecule has 0 saturated carbocycles. The summed E-state index contributed by atoms with van der Waals surface area (Å²) in [5.41, 5.74) is 2.50. The molecule has 0 spiro atoms. The van der Waals surface area contributed by atoms with E-state index in [-0.39, 0.29) is 29.2 Å². The zero-order valence-electron chi connectivity index (χ0n) is 23.2. The molecule has 3 aromatic rings. The molecular formula is C32H31NO8. The highest BCUT2D eigenvalue weighted by atomic mass is 16.7. The van der Waals surface area contributed by atoms with Gasteiger partial charge in [-0.05, 0) is 68.7 Å². The number of nitro benzene ring substituents is 1. The minimum Gasteiger partial charge on any atom is -0.496 e. The van der Waals surface area contributed by atoms with Crippen LogP contribution in [0.5, 0.6) is 17.2 Å². The molecule has 9 heteroatoms. The molecule has 212 valence electrons. The van der Waals surface area contributed by atoms with E-state index in [1.807, 2.05) is 6.92 Å². The number of allylic oxidation sites excluding steroid dienone is 4. The lowest BCUT2D eigenvalue weighted by molar-refractivity contribution is -0.383. The van der Waals surface area contributed by atoms with Crippen molar-refractivity contribution in [2.24, 2.45) is 0 Å². The van der Waals surface area contributed by atoms with Crippen molar-refractivity contribution in [1.29, 1.82) is 0 Å². The van der Waals surface area contributed by atoms with Gasteiger partial charge in [0.05, 0.1) is 23.0 Å². The van der Waals surface area contributed by atoms with Crippen LogP contribution in [-0.2, 0) is 9.53 Å². The summed E-state index contributed by atoms with van der Waals surface area (Å²) in [7, 11) is 1.49. The third-order valence-corrected chi connectivity index (χ3v) is 7.46. The van der Waals surface area contributed by atoms with Crippen molar-refractivity contribution in [3.05, 3.63) is 81.0 Å². The van der Waals surface area contributed by atoms with Gasteiger partial charge in [-0.25, -0.2) is 4.79 Å². The standard InChI is InChI=1S/C32H31NO8/c1-19-7-4-9-20(2)13-22(14-21(17-34)10-5-8-19)41-32(35)25-16-28-31(40-18-39-28)30-23-11-6-12-27(38-3)24(23)15-26(29(25)30)33(36)37/h6,8-9,11-12,14-17,22H,4-5,7,10,13,18H2,1-3H3/b19-8+,20-9+,21-14-/t22-/m1/s1. The normalized spacial score (nSPS) is 21.3. The Balaban J connectivity index is 1.66. The Morgan fingerprint density at radius 3 is 2.59 bits per heavy atom. The second kappa shape index (κ2) is 11.8. The third kappa shape index (κ3) is 5.66. The van der Waals surface area contributed by atoms with Crippen LogP contribution < -0.4 is 14.2 Å². The summed E-state index contributed by atoms with van der Waals surface area (Å²) in [6.45, 7) is 3.95. The van der Waals surface area contributed by atoms with Gasteiger partial charge in [0.1, 0.15) is 18.1 Å². The number of hydrogen-bond acceptors (Lipinski definition) is 8. The average Bonchev–Trinajstić information content (AvgIpc) is 3.43. The molecule has 1 aliphatic carbocycles. The Kier molecular flexibility index (Phi) is 8.05. The SMILES string of the molecule is COc1cccc2c1cc([N+](=O)[O-])c1c(C(=O)O[C@H]3/C=C(\C=O)CC/C=C(\C)CC/C=C(\C)C3)cc3c(c12)OCO3. The van der Waals surface area contributed by atoms with E-state index in [2.05, 4.69) is 19.1 Å². The first-order valence-corrected chi connectivity index (χ1v) is 13.5. The lowest BCUT2D eigenvalue weighted by Crippen LogP contribution is -2.18. The zero-order valence-corrected chi connectivity index (χ0v) is 23.2. The fourth-order valence-corrected chi connectivity index (χ4v) is 5.46. The molecule has 0 saturated heterocycles. The van der Waals surface area contributed by atoms with E-state index in [9.17, 15) is 19.7 Å². The topological polar surface area (TPSA) is 114 Å². The Morgan fingerprint density at radius 1 is 1.05 bits per heavy atom. The molecule has 41 heavy (non-hydrogen) atoms. The van der Waals surface area contributed by atoms with E-state index in [1.54, 1.807) is 24.3 Å². The number of esters is 1. The van der Waals surface area contributed by atoms with Gasteiger partial charge in [-0.2, -0.15) is 0 Å². The molecule has 0 N–H and O–H groups in total. The number of nitrogens with zero attached hydrogens (tertiary/aromatic N) is 1. The number of benzene rings is 3. The molecule has 5 rings (SSSR count). The summed E-state index contributed by atoms with van der Waals surface area (Å²) in [6, 6.07) is 8.10.